The van der Waals surface area contributed by atoms with Gasteiger partial charge in [0.2, 0.25) is 0 Å². The summed E-state index contributed by atoms with van der Waals surface area (Å²) in [5.41, 5.74) is 2.77. The SMILES string of the molecule is O=C(c1ccccc1F)c1c[nH]c2ncc(-c3cccnc3)cc12. The van der Waals surface area contributed by atoms with E-state index in [9.17, 15) is 9.18 Å². The fourth-order valence-electron chi connectivity index (χ4n) is 2.67. The predicted molar refractivity (Wildman–Crippen MR) is 89.2 cm³/mol. The maximum absolute atomic E-state index is 13.9. The van der Waals surface area contributed by atoms with Gasteiger partial charge in [-0.15, -0.1) is 0 Å². The molecule has 0 saturated heterocycles. The van der Waals surface area contributed by atoms with Crippen molar-refractivity contribution in [3.8, 4) is 11.1 Å². The molecule has 5 heteroatoms. The Hall–Kier alpha value is -3.34. The summed E-state index contributed by atoms with van der Waals surface area (Å²) in [6, 6.07) is 11.6. The van der Waals surface area contributed by atoms with Crippen molar-refractivity contribution in [3.63, 3.8) is 0 Å². The largest absolute Gasteiger partial charge is 0.345 e. The molecule has 0 radical (unpaired) electrons. The first-order valence-corrected chi connectivity index (χ1v) is 7.41. The van der Waals surface area contributed by atoms with Crippen LogP contribution >= 0.6 is 0 Å². The number of carbonyl (C=O) groups is 1. The maximum atomic E-state index is 13.9. The van der Waals surface area contributed by atoms with Gasteiger partial charge in [-0.2, -0.15) is 0 Å². The molecule has 24 heavy (non-hydrogen) atoms. The van der Waals surface area contributed by atoms with Crippen molar-refractivity contribution < 1.29 is 9.18 Å². The molecular formula is C19H12FN3O. The third kappa shape index (κ3) is 2.36. The van der Waals surface area contributed by atoms with E-state index in [4.69, 9.17) is 0 Å². The van der Waals surface area contributed by atoms with Crippen LogP contribution in [-0.2, 0) is 0 Å². The molecule has 0 bridgehead atoms. The van der Waals surface area contributed by atoms with Gasteiger partial charge in [-0.3, -0.25) is 9.78 Å². The van der Waals surface area contributed by atoms with Crippen LogP contribution in [-0.4, -0.2) is 20.7 Å². The predicted octanol–water partition coefficient (Wildman–Crippen LogP) is 4.00. The lowest BCUT2D eigenvalue weighted by atomic mass is 10.0. The first-order chi connectivity index (χ1) is 11.7. The number of halogens is 1. The standard InChI is InChI=1S/C19H12FN3O/c20-17-6-2-1-5-14(17)18(24)16-11-23-19-15(16)8-13(10-22-19)12-4-3-7-21-9-12/h1-11H,(H,22,23). The van der Waals surface area contributed by atoms with E-state index in [0.717, 1.165) is 11.1 Å². The highest BCUT2D eigenvalue weighted by atomic mass is 19.1. The quantitative estimate of drug-likeness (QED) is 0.581. The van der Waals surface area contributed by atoms with Gasteiger partial charge in [0.25, 0.3) is 0 Å². The number of aromatic nitrogens is 3. The number of benzene rings is 1. The number of aromatic amines is 1. The molecule has 3 aromatic heterocycles. The number of rotatable bonds is 3. The Morgan fingerprint density at radius 3 is 2.67 bits per heavy atom. The maximum Gasteiger partial charge on any atom is 0.198 e. The monoisotopic (exact) mass is 317 g/mol. The van der Waals surface area contributed by atoms with E-state index in [0.29, 0.717) is 16.6 Å². The second-order valence-electron chi connectivity index (χ2n) is 5.37. The third-order valence-electron chi connectivity index (χ3n) is 3.89. The highest BCUT2D eigenvalue weighted by Crippen LogP contribution is 2.26. The third-order valence-corrected chi connectivity index (χ3v) is 3.89. The summed E-state index contributed by atoms with van der Waals surface area (Å²) in [5.74, 6) is -0.905. The van der Waals surface area contributed by atoms with Gasteiger partial charge in [-0.1, -0.05) is 18.2 Å². The van der Waals surface area contributed by atoms with Crippen LogP contribution in [0.2, 0.25) is 0 Å². The highest BCUT2D eigenvalue weighted by Gasteiger charge is 2.18. The molecular weight excluding hydrogens is 305 g/mol. The second-order valence-corrected chi connectivity index (χ2v) is 5.37. The zero-order valence-corrected chi connectivity index (χ0v) is 12.5. The second kappa shape index (κ2) is 5.70. The van der Waals surface area contributed by atoms with E-state index >= 15 is 0 Å². The summed E-state index contributed by atoms with van der Waals surface area (Å²) < 4.78 is 13.9. The molecule has 4 rings (SSSR count). The Kier molecular flexibility index (Phi) is 3.39. The van der Waals surface area contributed by atoms with Gasteiger partial charge in [0.15, 0.2) is 5.78 Å². The lowest BCUT2D eigenvalue weighted by Crippen LogP contribution is -2.03. The van der Waals surface area contributed by atoms with Crippen molar-refractivity contribution in [2.75, 3.05) is 0 Å². The molecule has 4 nitrogen and oxygen atoms in total. The molecule has 0 fully saturated rings. The molecule has 0 saturated carbocycles. The van der Waals surface area contributed by atoms with E-state index in [-0.39, 0.29) is 11.3 Å². The van der Waals surface area contributed by atoms with Crippen molar-refractivity contribution in [1.82, 2.24) is 15.0 Å². The molecule has 0 aliphatic carbocycles. The molecule has 4 aromatic rings. The Balaban J connectivity index is 1.85. The first kappa shape index (κ1) is 14.3. The number of H-pyrrole nitrogens is 1. The van der Waals surface area contributed by atoms with Gasteiger partial charge >= 0.3 is 0 Å². The zero-order chi connectivity index (χ0) is 16.5. The lowest BCUT2D eigenvalue weighted by molar-refractivity contribution is 0.103. The van der Waals surface area contributed by atoms with Gasteiger partial charge in [0.05, 0.1) is 5.56 Å². The Labute approximate surface area is 137 Å². The molecule has 0 amide bonds. The van der Waals surface area contributed by atoms with E-state index in [1.165, 1.54) is 12.1 Å². The van der Waals surface area contributed by atoms with Crippen LogP contribution in [0.3, 0.4) is 0 Å². The van der Waals surface area contributed by atoms with E-state index in [2.05, 4.69) is 15.0 Å². The van der Waals surface area contributed by atoms with Gasteiger partial charge in [0, 0.05) is 46.9 Å². The van der Waals surface area contributed by atoms with Crippen LogP contribution in [0.5, 0.6) is 0 Å². The lowest BCUT2D eigenvalue weighted by Gasteiger charge is -2.03. The summed E-state index contributed by atoms with van der Waals surface area (Å²) in [5, 5.41) is 0.657. The van der Waals surface area contributed by atoms with Crippen molar-refractivity contribution in [3.05, 3.63) is 84.2 Å². The molecule has 0 spiro atoms. The van der Waals surface area contributed by atoms with Gasteiger partial charge in [-0.25, -0.2) is 9.37 Å². The topological polar surface area (TPSA) is 58.6 Å². The van der Waals surface area contributed by atoms with Crippen molar-refractivity contribution in [2.45, 2.75) is 0 Å². The summed E-state index contributed by atoms with van der Waals surface area (Å²) >= 11 is 0. The number of nitrogens with zero attached hydrogens (tertiary/aromatic N) is 2. The smallest absolute Gasteiger partial charge is 0.198 e. The average molecular weight is 317 g/mol. The molecule has 1 N–H and O–H groups in total. The van der Waals surface area contributed by atoms with Crippen LogP contribution in [0.25, 0.3) is 22.2 Å². The number of hydrogen-bond acceptors (Lipinski definition) is 3. The number of pyridine rings is 2. The average Bonchev–Trinajstić information content (AvgIpc) is 3.05. The minimum atomic E-state index is -0.534. The van der Waals surface area contributed by atoms with Gasteiger partial charge in [0.1, 0.15) is 11.5 Å². The fraction of sp³-hybridized carbons (Fsp3) is 0. The van der Waals surface area contributed by atoms with Crippen molar-refractivity contribution >= 4 is 16.8 Å². The summed E-state index contributed by atoms with van der Waals surface area (Å²) in [6.07, 6.45) is 6.71. The number of fused-ring (bicyclic) bond motifs is 1. The minimum absolute atomic E-state index is 0.0465. The minimum Gasteiger partial charge on any atom is -0.345 e. The number of ketones is 1. The highest BCUT2D eigenvalue weighted by molar-refractivity contribution is 6.16. The number of hydrogen-bond donors (Lipinski definition) is 1. The molecule has 0 aliphatic rings. The molecule has 1 aromatic carbocycles. The van der Waals surface area contributed by atoms with E-state index in [1.807, 2.05) is 18.2 Å². The van der Waals surface area contributed by atoms with Crippen LogP contribution in [0.15, 0.2) is 67.3 Å². The van der Waals surface area contributed by atoms with E-state index < -0.39 is 5.82 Å². The van der Waals surface area contributed by atoms with Crippen LogP contribution < -0.4 is 0 Å². The number of carbonyl (C=O) groups excluding carboxylic acids is 1. The molecule has 3 heterocycles. The first-order valence-electron chi connectivity index (χ1n) is 7.41. The fourth-order valence-corrected chi connectivity index (χ4v) is 2.67. The van der Waals surface area contributed by atoms with Crippen molar-refractivity contribution in [1.29, 1.82) is 0 Å². The zero-order valence-electron chi connectivity index (χ0n) is 12.5. The molecule has 0 aliphatic heterocycles. The Bertz CT molecular complexity index is 1040. The van der Waals surface area contributed by atoms with Crippen molar-refractivity contribution in [2.24, 2.45) is 0 Å². The molecule has 0 atom stereocenters. The molecule has 116 valence electrons. The van der Waals surface area contributed by atoms with Gasteiger partial charge < -0.3 is 4.98 Å². The van der Waals surface area contributed by atoms with Gasteiger partial charge in [-0.05, 0) is 24.3 Å². The molecule has 0 unspecified atom stereocenters. The van der Waals surface area contributed by atoms with Crippen LogP contribution in [0, 0.1) is 5.82 Å². The van der Waals surface area contributed by atoms with E-state index in [1.54, 1.807) is 36.9 Å². The normalized spacial score (nSPS) is 10.9. The Morgan fingerprint density at radius 2 is 1.88 bits per heavy atom. The summed E-state index contributed by atoms with van der Waals surface area (Å²) in [7, 11) is 0. The summed E-state index contributed by atoms with van der Waals surface area (Å²) in [4.78, 5) is 24.1. The summed E-state index contributed by atoms with van der Waals surface area (Å²) in [6.45, 7) is 0. The van der Waals surface area contributed by atoms with Crippen LogP contribution in [0.4, 0.5) is 4.39 Å². The van der Waals surface area contributed by atoms with Crippen LogP contribution in [0.1, 0.15) is 15.9 Å². The number of nitrogens with one attached hydrogen (secondary N) is 1. The Morgan fingerprint density at radius 1 is 1.00 bits per heavy atom.